The number of nitrogens with one attached hydrogen (secondary N) is 1. The molecule has 0 aromatic carbocycles. The van der Waals surface area contributed by atoms with Crippen LogP contribution in [0.25, 0.3) is 0 Å². The minimum absolute atomic E-state index is 0.111. The van der Waals surface area contributed by atoms with Gasteiger partial charge in [0.05, 0.1) is 25.4 Å². The predicted octanol–water partition coefficient (Wildman–Crippen LogP) is 17.3. The maximum absolute atomic E-state index is 13.4. The Hall–Kier alpha value is -3.16. The van der Waals surface area contributed by atoms with Crippen LogP contribution in [-0.4, -0.2) is 99.6 Å². The SMILES string of the molecule is CC/C=C\C/C=C\C/C=C\C/C=C\C/C=C\C/C=C\CCCCCCCCCCC(=O)OC1C(OCC(NC(=O)C(O)CCCCCCCCCCCCCCCC)C(O)/C=C/CCCCCCCCCCCCC)OC(CO)C(O)C1O. The van der Waals surface area contributed by atoms with Crippen LogP contribution in [0.3, 0.4) is 0 Å². The summed E-state index contributed by atoms with van der Waals surface area (Å²) in [4.78, 5) is 26.6. The lowest BCUT2D eigenvalue weighted by molar-refractivity contribution is -0.305. The molecule has 0 saturated carbocycles. The van der Waals surface area contributed by atoms with Gasteiger partial charge in [0, 0.05) is 6.42 Å². The summed E-state index contributed by atoms with van der Waals surface area (Å²) >= 11 is 0. The molecule has 0 spiro atoms. The number of allylic oxidation sites excluding steroid dienone is 13. The van der Waals surface area contributed by atoms with Crippen molar-refractivity contribution < 1.29 is 49.3 Å². The third kappa shape index (κ3) is 46.7. The number of rotatable bonds is 58. The summed E-state index contributed by atoms with van der Waals surface area (Å²) in [6.45, 7) is 5.69. The van der Waals surface area contributed by atoms with Crippen molar-refractivity contribution in [3.63, 3.8) is 0 Å². The van der Waals surface area contributed by atoms with E-state index in [2.05, 4.69) is 99.0 Å². The molecule has 1 rings (SSSR count). The van der Waals surface area contributed by atoms with Crippen LogP contribution in [-0.2, 0) is 23.8 Å². The van der Waals surface area contributed by atoms with E-state index in [9.17, 15) is 35.1 Å². The van der Waals surface area contributed by atoms with Crippen LogP contribution in [0.2, 0.25) is 0 Å². The summed E-state index contributed by atoms with van der Waals surface area (Å²) in [5.41, 5.74) is 0. The largest absolute Gasteiger partial charge is 0.454 e. The zero-order valence-corrected chi connectivity index (χ0v) is 53.3. The van der Waals surface area contributed by atoms with E-state index in [-0.39, 0.29) is 13.0 Å². The van der Waals surface area contributed by atoms with E-state index in [0.717, 1.165) is 109 Å². The van der Waals surface area contributed by atoms with E-state index in [1.165, 1.54) is 141 Å². The smallest absolute Gasteiger partial charge is 0.306 e. The lowest BCUT2D eigenvalue weighted by Crippen LogP contribution is -2.61. The first-order valence-corrected chi connectivity index (χ1v) is 34.4. The second kappa shape index (κ2) is 59.2. The van der Waals surface area contributed by atoms with Gasteiger partial charge in [-0.2, -0.15) is 0 Å². The molecule has 1 fully saturated rings. The monoisotopic (exact) mass is 1170 g/mol. The van der Waals surface area contributed by atoms with E-state index in [0.29, 0.717) is 19.3 Å². The minimum atomic E-state index is -1.62. The molecule has 1 saturated heterocycles. The van der Waals surface area contributed by atoms with Gasteiger partial charge in [-0.25, -0.2) is 0 Å². The Morgan fingerprint density at radius 1 is 0.482 bits per heavy atom. The van der Waals surface area contributed by atoms with Crippen molar-refractivity contribution >= 4 is 11.9 Å². The number of esters is 1. The van der Waals surface area contributed by atoms with Crippen molar-refractivity contribution in [3.8, 4) is 0 Å². The molecule has 480 valence electrons. The van der Waals surface area contributed by atoms with Crippen molar-refractivity contribution in [1.29, 1.82) is 0 Å². The van der Waals surface area contributed by atoms with Gasteiger partial charge in [-0.15, -0.1) is 0 Å². The molecule has 8 unspecified atom stereocenters. The van der Waals surface area contributed by atoms with E-state index >= 15 is 0 Å². The summed E-state index contributed by atoms with van der Waals surface area (Å²) in [6.07, 6.45) is 67.6. The van der Waals surface area contributed by atoms with Crippen LogP contribution in [0.15, 0.2) is 85.1 Å². The number of unbranched alkanes of at least 4 members (excludes halogenated alkanes) is 32. The van der Waals surface area contributed by atoms with Crippen molar-refractivity contribution in [2.45, 2.75) is 346 Å². The predicted molar refractivity (Wildman–Crippen MR) is 347 cm³/mol. The van der Waals surface area contributed by atoms with Crippen molar-refractivity contribution in [1.82, 2.24) is 5.32 Å². The van der Waals surface area contributed by atoms with Crippen molar-refractivity contribution in [2.24, 2.45) is 0 Å². The molecule has 83 heavy (non-hydrogen) atoms. The molecule has 11 nitrogen and oxygen atoms in total. The lowest BCUT2D eigenvalue weighted by atomic mass is 9.99. The van der Waals surface area contributed by atoms with Gasteiger partial charge in [0.2, 0.25) is 5.91 Å². The molecule has 1 heterocycles. The van der Waals surface area contributed by atoms with Gasteiger partial charge in [-0.05, 0) is 77.0 Å². The average Bonchev–Trinajstić information content (AvgIpc) is 3.61. The summed E-state index contributed by atoms with van der Waals surface area (Å²) < 4.78 is 17.7. The summed E-state index contributed by atoms with van der Waals surface area (Å²) in [7, 11) is 0. The average molecular weight is 1170 g/mol. The molecule has 0 bridgehead atoms. The fourth-order valence-electron chi connectivity index (χ4n) is 10.4. The Balaban J connectivity index is 2.59. The van der Waals surface area contributed by atoms with Crippen molar-refractivity contribution in [2.75, 3.05) is 13.2 Å². The molecular formula is C72H127NO10. The Morgan fingerprint density at radius 2 is 0.867 bits per heavy atom. The van der Waals surface area contributed by atoms with Crippen LogP contribution in [0.4, 0.5) is 0 Å². The van der Waals surface area contributed by atoms with E-state index < -0.39 is 67.4 Å². The maximum Gasteiger partial charge on any atom is 0.306 e. The van der Waals surface area contributed by atoms with Gasteiger partial charge in [-0.3, -0.25) is 9.59 Å². The standard InChI is InChI=1S/C72H127NO10/c1-4-7-10-13-16-19-22-25-27-28-29-30-31-32-33-34-35-36-37-38-39-42-45-48-51-54-57-60-67(77)83-70-69(79)68(78)66(61-74)82-72(70)81-62-63(64(75)58-55-52-49-46-43-40-24-21-18-15-12-9-6-3)73-71(80)65(76)59-56-53-50-47-44-41-26-23-20-17-14-11-8-5-2/h7,10,16,19,25,27,29-30,32-33,35-36,55,58,63-66,68-70,72,74-76,78-79H,4-6,8-9,11-15,17-18,20-24,26,28,31,34,37-54,56-57,59-62H2,1-3H3,(H,73,80)/b10-7-,19-16-,27-25-,30-29-,33-32-,36-35-,58-55+. The fraction of sp³-hybridized carbons (Fsp3) is 0.778. The highest BCUT2D eigenvalue weighted by atomic mass is 16.7. The number of amides is 1. The zero-order chi connectivity index (χ0) is 60.3. The number of hydrogen-bond acceptors (Lipinski definition) is 10. The third-order valence-electron chi connectivity index (χ3n) is 15.8. The molecule has 1 aliphatic heterocycles. The van der Waals surface area contributed by atoms with Crippen LogP contribution in [0, 0.1) is 0 Å². The van der Waals surface area contributed by atoms with Gasteiger partial charge < -0.3 is 45.1 Å². The molecular weight excluding hydrogens is 1040 g/mol. The van der Waals surface area contributed by atoms with Crippen LogP contribution >= 0.6 is 0 Å². The second-order valence-electron chi connectivity index (χ2n) is 23.5. The Bertz CT molecular complexity index is 1670. The number of aliphatic hydroxyl groups is 5. The number of hydrogen-bond donors (Lipinski definition) is 6. The van der Waals surface area contributed by atoms with E-state index in [4.69, 9.17) is 14.2 Å². The topological polar surface area (TPSA) is 175 Å². The minimum Gasteiger partial charge on any atom is -0.454 e. The maximum atomic E-state index is 13.4. The quantitative estimate of drug-likeness (QED) is 0.0195. The molecule has 0 aromatic rings. The van der Waals surface area contributed by atoms with Gasteiger partial charge >= 0.3 is 5.97 Å². The van der Waals surface area contributed by atoms with Gasteiger partial charge in [-0.1, -0.05) is 298 Å². The van der Waals surface area contributed by atoms with Crippen molar-refractivity contribution in [3.05, 3.63) is 85.1 Å². The fourth-order valence-corrected chi connectivity index (χ4v) is 10.4. The Kier molecular flexibility index (Phi) is 55.5. The van der Waals surface area contributed by atoms with Crippen LogP contribution in [0.5, 0.6) is 0 Å². The highest BCUT2D eigenvalue weighted by Gasteiger charge is 2.47. The first-order chi connectivity index (χ1) is 40.7. The van der Waals surface area contributed by atoms with E-state index in [1.807, 2.05) is 6.08 Å². The highest BCUT2D eigenvalue weighted by molar-refractivity contribution is 5.80. The highest BCUT2D eigenvalue weighted by Crippen LogP contribution is 2.26. The summed E-state index contributed by atoms with van der Waals surface area (Å²) in [6, 6.07) is -1.03. The zero-order valence-electron chi connectivity index (χ0n) is 53.3. The first kappa shape index (κ1) is 77.9. The number of aliphatic hydroxyl groups excluding tert-OH is 5. The lowest BCUT2D eigenvalue weighted by Gasteiger charge is -2.41. The normalized spacial score (nSPS) is 19.1. The number of carbonyl (C=O) groups excluding carboxylic acids is 2. The Labute approximate surface area is 508 Å². The summed E-state index contributed by atoms with van der Waals surface area (Å²) in [5, 5.41) is 57.1. The number of carbonyl (C=O) groups is 2. The Morgan fingerprint density at radius 3 is 1.30 bits per heavy atom. The molecule has 1 amide bonds. The molecule has 0 aromatic heterocycles. The molecule has 6 N–H and O–H groups in total. The number of ether oxygens (including phenoxy) is 3. The second-order valence-corrected chi connectivity index (χ2v) is 23.5. The van der Waals surface area contributed by atoms with Gasteiger partial charge in [0.15, 0.2) is 12.4 Å². The molecule has 11 heteroatoms. The molecule has 1 aliphatic rings. The third-order valence-corrected chi connectivity index (χ3v) is 15.8. The van der Waals surface area contributed by atoms with Crippen LogP contribution < -0.4 is 5.32 Å². The summed E-state index contributed by atoms with van der Waals surface area (Å²) in [5.74, 6) is -1.20. The molecule has 0 radical (unpaired) electrons. The molecule has 0 aliphatic carbocycles. The molecule has 8 atom stereocenters. The van der Waals surface area contributed by atoms with Gasteiger partial charge in [0.1, 0.15) is 24.4 Å². The van der Waals surface area contributed by atoms with Gasteiger partial charge in [0.25, 0.3) is 0 Å². The van der Waals surface area contributed by atoms with E-state index in [1.54, 1.807) is 6.08 Å². The first-order valence-electron chi connectivity index (χ1n) is 34.4. The van der Waals surface area contributed by atoms with Crippen LogP contribution in [0.1, 0.15) is 297 Å².